The Labute approximate surface area is 273 Å². The fourth-order valence-corrected chi connectivity index (χ4v) is 7.95. The molecule has 1 saturated heterocycles. The van der Waals surface area contributed by atoms with E-state index in [-0.39, 0.29) is 25.1 Å². The van der Waals surface area contributed by atoms with Crippen molar-refractivity contribution >= 4 is 17.8 Å². The van der Waals surface area contributed by atoms with E-state index >= 15 is 0 Å². The van der Waals surface area contributed by atoms with Gasteiger partial charge in [-0.3, -0.25) is 24.2 Å². The highest BCUT2D eigenvalue weighted by Crippen LogP contribution is 2.58. The van der Waals surface area contributed by atoms with Crippen LogP contribution in [0.15, 0.2) is 18.2 Å². The zero-order valence-corrected chi connectivity index (χ0v) is 27.7. The zero-order valence-electron chi connectivity index (χ0n) is 27.7. The predicted octanol–water partition coefficient (Wildman–Crippen LogP) is 2.07. The smallest absolute Gasteiger partial charge is 0.308 e. The number of rotatable bonds is 7. The Morgan fingerprint density at radius 2 is 1.85 bits per heavy atom. The molecule has 1 fully saturated rings. The number of aryl methyl sites for hydroxylation is 1. The summed E-state index contributed by atoms with van der Waals surface area (Å²) in [5.41, 5.74) is 4.39. The summed E-state index contributed by atoms with van der Waals surface area (Å²) in [5, 5.41) is 29.4. The number of nitrogens with zero attached hydrogens (tertiary/aromatic N) is 2. The molecule has 4 aliphatic heterocycles. The molecule has 47 heavy (non-hydrogen) atoms. The first-order valence-electron chi connectivity index (χ1n) is 15.8. The largest absolute Gasteiger partial charge is 0.504 e. The summed E-state index contributed by atoms with van der Waals surface area (Å²) in [6, 6.07) is -0.691. The van der Waals surface area contributed by atoms with Crippen LogP contribution in [0.25, 0.3) is 0 Å². The number of fused-ring (bicyclic) bond motifs is 9. The van der Waals surface area contributed by atoms with Gasteiger partial charge >= 0.3 is 5.97 Å². The van der Waals surface area contributed by atoms with Gasteiger partial charge < -0.3 is 39.8 Å². The van der Waals surface area contributed by atoms with Crippen LogP contribution in [0.4, 0.5) is 0 Å². The fraction of sp³-hybridized carbons (Fsp3) is 0.500. The lowest BCUT2D eigenvalue weighted by Gasteiger charge is -2.60. The summed E-state index contributed by atoms with van der Waals surface area (Å²) >= 11 is 0. The minimum atomic E-state index is -0.989. The second kappa shape index (κ2) is 12.4. The van der Waals surface area contributed by atoms with Crippen LogP contribution < -0.4 is 29.6 Å². The Balaban J connectivity index is 1.50. The molecule has 4 N–H and O–H groups in total. The SMILES string of the molecule is CC=CC(=O)N[C@@H](C)C(=O)NC[C@H]1c2c(c(OC(C)=O)c(C)c3c2OCO3)CC2[C@H]3c4c(cc(C)c(OC)c4O)C[C@@H]([C@H](O)N21)N3C. The number of methoxy groups -OCH3 is 1. The van der Waals surface area contributed by atoms with Crippen molar-refractivity contribution in [2.45, 2.75) is 83.9 Å². The van der Waals surface area contributed by atoms with Gasteiger partial charge in [-0.2, -0.15) is 0 Å². The molecule has 13 nitrogen and oxygen atoms in total. The molecule has 2 amide bonds. The van der Waals surface area contributed by atoms with E-state index in [2.05, 4.69) is 15.5 Å². The predicted molar refractivity (Wildman–Crippen MR) is 170 cm³/mol. The van der Waals surface area contributed by atoms with E-state index in [4.69, 9.17) is 18.9 Å². The van der Waals surface area contributed by atoms with E-state index in [1.807, 2.05) is 24.9 Å². The van der Waals surface area contributed by atoms with E-state index < -0.39 is 48.2 Å². The number of aliphatic hydroxyl groups is 1. The molecule has 2 aromatic carbocycles. The first kappa shape index (κ1) is 32.6. The average molecular weight is 651 g/mol. The Hall–Kier alpha value is -4.33. The van der Waals surface area contributed by atoms with Gasteiger partial charge in [0.1, 0.15) is 18.0 Å². The van der Waals surface area contributed by atoms with E-state index in [1.54, 1.807) is 26.8 Å². The van der Waals surface area contributed by atoms with E-state index in [9.17, 15) is 24.6 Å². The minimum Gasteiger partial charge on any atom is -0.504 e. The summed E-state index contributed by atoms with van der Waals surface area (Å²) < 4.78 is 23.4. The number of esters is 1. The molecule has 4 heterocycles. The number of phenolic OH excluding ortho intramolecular Hbond substituents is 1. The first-order valence-corrected chi connectivity index (χ1v) is 15.8. The van der Waals surface area contributed by atoms with Crippen molar-refractivity contribution in [3.05, 3.63) is 51.6 Å². The molecule has 6 atom stereocenters. The first-order chi connectivity index (χ1) is 22.4. The van der Waals surface area contributed by atoms with Crippen LogP contribution in [-0.4, -0.2) is 89.6 Å². The number of aliphatic hydroxyl groups excluding tert-OH is 1. The molecule has 2 bridgehead atoms. The number of aromatic hydroxyl groups is 1. The van der Waals surface area contributed by atoms with Crippen LogP contribution >= 0.6 is 0 Å². The van der Waals surface area contributed by atoms with Crippen molar-refractivity contribution in [2.24, 2.45) is 0 Å². The number of allylic oxidation sites excluding steroid dienone is 1. The Kier molecular flexibility index (Phi) is 8.58. The highest BCUT2D eigenvalue weighted by Gasteiger charge is 2.56. The molecule has 13 heteroatoms. The van der Waals surface area contributed by atoms with Gasteiger partial charge in [-0.15, -0.1) is 0 Å². The number of hydrogen-bond donors (Lipinski definition) is 4. The number of benzene rings is 2. The molecular formula is C34H42N4O9. The van der Waals surface area contributed by atoms with Crippen LogP contribution in [0.5, 0.6) is 28.7 Å². The zero-order chi connectivity index (χ0) is 33.9. The minimum absolute atomic E-state index is 0.0286. The number of amides is 2. The van der Waals surface area contributed by atoms with Gasteiger partial charge in [0.05, 0.1) is 25.2 Å². The highest BCUT2D eigenvalue weighted by atomic mass is 16.7. The maximum Gasteiger partial charge on any atom is 0.308 e. The molecule has 0 saturated carbocycles. The lowest BCUT2D eigenvalue weighted by atomic mass is 9.73. The molecule has 0 aliphatic carbocycles. The molecule has 2 aromatic rings. The van der Waals surface area contributed by atoms with Gasteiger partial charge in [0.2, 0.25) is 18.6 Å². The highest BCUT2D eigenvalue weighted by molar-refractivity contribution is 5.92. The number of carbonyl (C=O) groups is 3. The number of piperazine rings is 1. The Morgan fingerprint density at radius 1 is 1.13 bits per heavy atom. The van der Waals surface area contributed by atoms with Crippen LogP contribution in [0.1, 0.15) is 66.2 Å². The van der Waals surface area contributed by atoms with Crippen molar-refractivity contribution in [1.82, 2.24) is 20.4 Å². The van der Waals surface area contributed by atoms with Crippen LogP contribution in [0.2, 0.25) is 0 Å². The van der Waals surface area contributed by atoms with Gasteiger partial charge in [0, 0.05) is 41.8 Å². The molecule has 0 radical (unpaired) electrons. The Bertz CT molecular complexity index is 1670. The van der Waals surface area contributed by atoms with Gasteiger partial charge in [0.25, 0.3) is 0 Å². The van der Waals surface area contributed by atoms with Crippen molar-refractivity contribution in [2.75, 3.05) is 27.5 Å². The molecular weight excluding hydrogens is 608 g/mol. The molecule has 1 unspecified atom stereocenters. The Morgan fingerprint density at radius 3 is 2.53 bits per heavy atom. The summed E-state index contributed by atoms with van der Waals surface area (Å²) in [7, 11) is 3.46. The van der Waals surface area contributed by atoms with Crippen molar-refractivity contribution in [3.63, 3.8) is 0 Å². The third-order valence-corrected chi connectivity index (χ3v) is 9.88. The lowest BCUT2D eigenvalue weighted by molar-refractivity contribution is -0.172. The van der Waals surface area contributed by atoms with Crippen molar-refractivity contribution < 1.29 is 43.5 Å². The second-order valence-corrected chi connectivity index (χ2v) is 12.7. The molecule has 0 aromatic heterocycles. The molecule has 252 valence electrons. The number of likely N-dealkylation sites (N-methyl/N-ethyl adjacent to an activating group) is 1. The summed E-state index contributed by atoms with van der Waals surface area (Å²) in [5.74, 6) is 0.384. The standard InChI is InChI=1S/C34H42N4O9/c1-8-9-24(40)36-17(4)33(42)35-13-23-26-20(30(47-18(5)39)16(3)31-32(26)46-14-45-31)12-21-27-25-19(10-15(2)29(44-7)28(25)41)11-22(37(27)6)34(43)38(21)23/h8-10,17,21-23,27,34,41,43H,11-14H2,1-7H3,(H,35,42)(H,36,40)/t17-,21?,22-,23-,27-,34-/m0/s1. The number of nitrogens with one attached hydrogen (secondary N) is 2. The summed E-state index contributed by atoms with van der Waals surface area (Å²) in [6.07, 6.45) is 2.73. The van der Waals surface area contributed by atoms with Crippen LogP contribution in [0, 0.1) is 13.8 Å². The van der Waals surface area contributed by atoms with Crippen molar-refractivity contribution in [1.29, 1.82) is 0 Å². The van der Waals surface area contributed by atoms with E-state index in [0.717, 1.165) is 11.1 Å². The van der Waals surface area contributed by atoms with Gasteiger partial charge in [0.15, 0.2) is 23.0 Å². The third kappa shape index (κ3) is 5.26. The average Bonchev–Trinajstić information content (AvgIpc) is 3.50. The topological polar surface area (TPSA) is 159 Å². The van der Waals surface area contributed by atoms with Crippen LogP contribution in [0.3, 0.4) is 0 Å². The normalized spacial score (nSPS) is 25.0. The van der Waals surface area contributed by atoms with Crippen molar-refractivity contribution in [3.8, 4) is 28.7 Å². The lowest BCUT2D eigenvalue weighted by Crippen LogP contribution is -2.69. The van der Waals surface area contributed by atoms with Gasteiger partial charge in [-0.1, -0.05) is 12.1 Å². The molecule has 6 rings (SSSR count). The second-order valence-electron chi connectivity index (χ2n) is 12.7. The number of hydrogen-bond acceptors (Lipinski definition) is 11. The maximum absolute atomic E-state index is 13.3. The monoisotopic (exact) mass is 650 g/mol. The van der Waals surface area contributed by atoms with E-state index in [0.29, 0.717) is 58.1 Å². The quantitative estimate of drug-likeness (QED) is 0.197. The maximum atomic E-state index is 13.3. The van der Waals surface area contributed by atoms with Gasteiger partial charge in [-0.05, 0) is 64.8 Å². The number of phenols is 1. The summed E-state index contributed by atoms with van der Waals surface area (Å²) in [6.45, 7) is 8.31. The summed E-state index contributed by atoms with van der Waals surface area (Å²) in [4.78, 5) is 42.0. The molecule has 0 spiro atoms. The number of carbonyl (C=O) groups excluding carboxylic acids is 3. The molecule has 4 aliphatic rings. The van der Waals surface area contributed by atoms with Crippen LogP contribution in [-0.2, 0) is 27.2 Å². The van der Waals surface area contributed by atoms with E-state index in [1.165, 1.54) is 20.1 Å². The number of ether oxygens (including phenoxy) is 4. The third-order valence-electron chi connectivity index (χ3n) is 9.88. The fourth-order valence-electron chi connectivity index (χ4n) is 7.95. The van der Waals surface area contributed by atoms with Gasteiger partial charge in [-0.25, -0.2) is 0 Å².